The van der Waals surface area contributed by atoms with E-state index in [9.17, 15) is 9.59 Å². The van der Waals surface area contributed by atoms with Gasteiger partial charge >= 0.3 is 0 Å². The Morgan fingerprint density at radius 1 is 1.21 bits per heavy atom. The van der Waals surface area contributed by atoms with Gasteiger partial charge in [0.1, 0.15) is 0 Å². The second-order valence-electron chi connectivity index (χ2n) is 6.67. The molecule has 1 aliphatic rings. The molecular formula is C21H18BrN3O2S. The first-order chi connectivity index (χ1) is 13.5. The van der Waals surface area contributed by atoms with E-state index in [1.165, 1.54) is 11.3 Å². The first-order valence-corrected chi connectivity index (χ1v) is 10.6. The molecule has 2 amide bonds. The fraction of sp³-hybridized carbons (Fsp3) is 0.190. The number of thiazole rings is 1. The van der Waals surface area contributed by atoms with Crippen LogP contribution in [0.25, 0.3) is 0 Å². The molecule has 0 spiro atoms. The highest BCUT2D eigenvalue weighted by Crippen LogP contribution is 2.34. The second kappa shape index (κ2) is 7.85. The number of nitrogens with zero attached hydrogens (tertiary/aromatic N) is 3. The monoisotopic (exact) mass is 455 g/mol. The van der Waals surface area contributed by atoms with E-state index in [1.54, 1.807) is 9.80 Å². The lowest BCUT2D eigenvalue weighted by atomic mass is 10.1. The number of carbonyl (C=O) groups is 2. The molecule has 4 rings (SSSR count). The Morgan fingerprint density at radius 2 is 2.00 bits per heavy atom. The minimum Gasteiger partial charge on any atom is -0.312 e. The van der Waals surface area contributed by atoms with E-state index >= 15 is 0 Å². The summed E-state index contributed by atoms with van der Waals surface area (Å²) >= 11 is 4.87. The van der Waals surface area contributed by atoms with Crippen LogP contribution in [0.5, 0.6) is 0 Å². The van der Waals surface area contributed by atoms with Crippen molar-refractivity contribution in [3.8, 4) is 0 Å². The van der Waals surface area contributed by atoms with Crippen molar-refractivity contribution < 1.29 is 9.59 Å². The fourth-order valence-electron chi connectivity index (χ4n) is 3.30. The second-order valence-corrected chi connectivity index (χ2v) is 8.42. The van der Waals surface area contributed by atoms with Crippen molar-refractivity contribution in [3.63, 3.8) is 0 Å². The quantitative estimate of drug-likeness (QED) is 0.560. The molecule has 1 unspecified atom stereocenters. The smallest absolute Gasteiger partial charge is 0.238 e. The van der Waals surface area contributed by atoms with Crippen molar-refractivity contribution in [1.29, 1.82) is 0 Å². The third-order valence-corrected chi connectivity index (χ3v) is 6.06. The minimum atomic E-state index is -0.420. The normalized spacial score (nSPS) is 16.4. The summed E-state index contributed by atoms with van der Waals surface area (Å²) in [7, 11) is 0. The van der Waals surface area contributed by atoms with Crippen LogP contribution in [0.2, 0.25) is 0 Å². The van der Waals surface area contributed by atoms with Crippen molar-refractivity contribution in [2.75, 3.05) is 16.3 Å². The van der Waals surface area contributed by atoms with Gasteiger partial charge in [0.2, 0.25) is 11.8 Å². The number of carbonyl (C=O) groups excluding carboxylic acids is 2. The molecule has 2 heterocycles. The molecule has 1 atom stereocenters. The molecule has 0 bridgehead atoms. The van der Waals surface area contributed by atoms with E-state index < -0.39 is 5.92 Å². The van der Waals surface area contributed by atoms with Gasteiger partial charge in [0.25, 0.3) is 0 Å². The molecule has 1 saturated heterocycles. The summed E-state index contributed by atoms with van der Waals surface area (Å²) in [4.78, 5) is 33.9. The molecule has 7 heteroatoms. The van der Waals surface area contributed by atoms with E-state index in [0.717, 1.165) is 21.5 Å². The third-order valence-electron chi connectivity index (χ3n) is 4.63. The van der Waals surface area contributed by atoms with Gasteiger partial charge in [0.05, 0.1) is 17.3 Å². The van der Waals surface area contributed by atoms with Crippen molar-refractivity contribution in [1.82, 2.24) is 4.98 Å². The zero-order chi connectivity index (χ0) is 19.7. The average molecular weight is 456 g/mol. The van der Waals surface area contributed by atoms with Crippen LogP contribution in [0.4, 0.5) is 16.5 Å². The first kappa shape index (κ1) is 18.8. The van der Waals surface area contributed by atoms with Crippen LogP contribution in [0.3, 0.4) is 0 Å². The molecule has 3 aromatic rings. The van der Waals surface area contributed by atoms with E-state index in [0.29, 0.717) is 11.7 Å². The molecule has 142 valence electrons. The highest BCUT2D eigenvalue weighted by atomic mass is 79.9. The Hall–Kier alpha value is -2.51. The molecule has 0 saturated carbocycles. The van der Waals surface area contributed by atoms with Gasteiger partial charge in [-0.25, -0.2) is 4.98 Å². The lowest BCUT2D eigenvalue weighted by Crippen LogP contribution is -2.34. The number of amides is 2. The van der Waals surface area contributed by atoms with Gasteiger partial charge in [0, 0.05) is 28.5 Å². The van der Waals surface area contributed by atoms with Gasteiger partial charge in [-0.3, -0.25) is 14.5 Å². The van der Waals surface area contributed by atoms with Crippen LogP contribution in [0.15, 0.2) is 64.5 Å². The van der Waals surface area contributed by atoms with E-state index in [1.807, 2.05) is 66.9 Å². The third kappa shape index (κ3) is 3.72. The summed E-state index contributed by atoms with van der Waals surface area (Å²) in [5.41, 5.74) is 2.42. The van der Waals surface area contributed by atoms with Gasteiger partial charge in [-0.15, -0.1) is 11.3 Å². The van der Waals surface area contributed by atoms with E-state index in [-0.39, 0.29) is 18.2 Å². The lowest BCUT2D eigenvalue weighted by Gasteiger charge is -2.23. The summed E-state index contributed by atoms with van der Waals surface area (Å²) in [6.07, 6.45) is 0.193. The standard InChI is InChI=1S/C21H18BrN3O2S/c1-14-13-28-21(23-14)25(17-7-3-2-4-8-17)20(27)15-10-19(26)24(12-15)18-9-5-6-16(22)11-18/h2-9,11,13,15H,10,12H2,1H3. The average Bonchev–Trinajstić information content (AvgIpc) is 3.29. The number of hydrogen-bond donors (Lipinski definition) is 0. The van der Waals surface area contributed by atoms with Gasteiger partial charge in [-0.1, -0.05) is 40.2 Å². The maximum absolute atomic E-state index is 13.4. The Bertz CT molecular complexity index is 1020. The Labute approximate surface area is 175 Å². The number of benzene rings is 2. The molecule has 1 aromatic heterocycles. The topological polar surface area (TPSA) is 53.5 Å². The SMILES string of the molecule is Cc1csc(N(C(=O)C2CC(=O)N(c3cccc(Br)c3)C2)c2ccccc2)n1. The first-order valence-electron chi connectivity index (χ1n) is 8.90. The van der Waals surface area contributed by atoms with Crippen LogP contribution in [-0.4, -0.2) is 23.3 Å². The molecule has 0 radical (unpaired) electrons. The zero-order valence-corrected chi connectivity index (χ0v) is 17.6. The molecule has 1 aliphatic heterocycles. The van der Waals surface area contributed by atoms with Gasteiger partial charge in [-0.05, 0) is 37.3 Å². The summed E-state index contributed by atoms with van der Waals surface area (Å²) < 4.78 is 0.900. The van der Waals surface area contributed by atoms with Crippen molar-refractivity contribution in [3.05, 3.63) is 70.1 Å². The predicted octanol–water partition coefficient (Wildman–Crippen LogP) is 4.93. The molecule has 5 nitrogen and oxygen atoms in total. The Balaban J connectivity index is 1.63. The summed E-state index contributed by atoms with van der Waals surface area (Å²) in [6, 6.07) is 17.0. The highest BCUT2D eigenvalue weighted by molar-refractivity contribution is 9.10. The molecule has 0 N–H and O–H groups in total. The number of aryl methyl sites for hydroxylation is 1. The van der Waals surface area contributed by atoms with Gasteiger partial charge < -0.3 is 4.90 Å². The largest absolute Gasteiger partial charge is 0.312 e. The lowest BCUT2D eigenvalue weighted by molar-refractivity contribution is -0.123. The molecule has 1 fully saturated rings. The van der Waals surface area contributed by atoms with Crippen LogP contribution in [0.1, 0.15) is 12.1 Å². The molecule has 28 heavy (non-hydrogen) atoms. The summed E-state index contributed by atoms with van der Waals surface area (Å²) in [6.45, 7) is 2.27. The number of anilines is 3. The van der Waals surface area contributed by atoms with Crippen LogP contribution in [0, 0.1) is 12.8 Å². The maximum atomic E-state index is 13.4. The predicted molar refractivity (Wildman–Crippen MR) is 115 cm³/mol. The molecular weight excluding hydrogens is 438 g/mol. The van der Waals surface area contributed by atoms with Crippen molar-refractivity contribution in [2.45, 2.75) is 13.3 Å². The number of hydrogen-bond acceptors (Lipinski definition) is 4. The zero-order valence-electron chi connectivity index (χ0n) is 15.2. The molecule has 0 aliphatic carbocycles. The maximum Gasteiger partial charge on any atom is 0.238 e. The number of rotatable bonds is 4. The van der Waals surface area contributed by atoms with E-state index in [2.05, 4.69) is 20.9 Å². The van der Waals surface area contributed by atoms with Crippen molar-refractivity contribution in [2.24, 2.45) is 5.92 Å². The summed E-state index contributed by atoms with van der Waals surface area (Å²) in [5, 5.41) is 2.55. The number of aromatic nitrogens is 1. The van der Waals surface area contributed by atoms with Crippen LogP contribution < -0.4 is 9.80 Å². The van der Waals surface area contributed by atoms with E-state index in [4.69, 9.17) is 0 Å². The summed E-state index contributed by atoms with van der Waals surface area (Å²) in [5.74, 6) is -0.568. The minimum absolute atomic E-state index is 0.0419. The van der Waals surface area contributed by atoms with Crippen LogP contribution in [-0.2, 0) is 9.59 Å². The van der Waals surface area contributed by atoms with Crippen molar-refractivity contribution >= 4 is 55.6 Å². The Morgan fingerprint density at radius 3 is 2.68 bits per heavy atom. The van der Waals surface area contributed by atoms with Gasteiger partial charge in [-0.2, -0.15) is 0 Å². The highest BCUT2D eigenvalue weighted by Gasteiger charge is 2.38. The fourth-order valence-corrected chi connectivity index (χ4v) is 4.52. The number of para-hydroxylation sites is 1. The number of halogens is 1. The molecule has 2 aromatic carbocycles. The van der Waals surface area contributed by atoms with Gasteiger partial charge in [0.15, 0.2) is 5.13 Å². The van der Waals surface area contributed by atoms with Crippen LogP contribution >= 0.6 is 27.3 Å². The Kier molecular flexibility index (Phi) is 5.28.